The molecule has 0 spiro atoms. The molecule has 5 nitrogen and oxygen atoms in total. The van der Waals surface area contributed by atoms with Gasteiger partial charge in [0.25, 0.3) is 0 Å². The van der Waals surface area contributed by atoms with Gasteiger partial charge in [-0.3, -0.25) is 4.79 Å². The number of nitrogens with two attached hydrogens (primary N) is 1. The molecule has 0 saturated heterocycles. The van der Waals surface area contributed by atoms with Crippen molar-refractivity contribution in [2.24, 2.45) is 5.73 Å². The first-order chi connectivity index (χ1) is 11.6. The van der Waals surface area contributed by atoms with Gasteiger partial charge in [-0.25, -0.2) is 9.37 Å². The second-order valence-electron chi connectivity index (χ2n) is 5.18. The highest BCUT2D eigenvalue weighted by Gasteiger charge is 2.11. The van der Waals surface area contributed by atoms with Gasteiger partial charge in [-0.05, 0) is 42.5 Å². The molecular formula is C18H15FN2O3. The maximum absolute atomic E-state index is 13.1. The number of benzene rings is 2. The summed E-state index contributed by atoms with van der Waals surface area (Å²) in [5.74, 6) is -0.375. The number of carbonyl (C=O) groups excluding carboxylic acids is 1. The maximum atomic E-state index is 13.1. The van der Waals surface area contributed by atoms with Crippen molar-refractivity contribution in [1.29, 1.82) is 0 Å². The molecule has 0 aliphatic rings. The van der Waals surface area contributed by atoms with E-state index >= 15 is 0 Å². The molecule has 3 rings (SSSR count). The van der Waals surface area contributed by atoms with E-state index in [2.05, 4.69) is 4.98 Å². The van der Waals surface area contributed by atoms with E-state index in [-0.39, 0.29) is 19.0 Å². The zero-order chi connectivity index (χ0) is 17.1. The average Bonchev–Trinajstić information content (AvgIpc) is 2.59. The van der Waals surface area contributed by atoms with E-state index in [0.717, 1.165) is 0 Å². The third kappa shape index (κ3) is 3.18. The van der Waals surface area contributed by atoms with Crippen LogP contribution in [0.2, 0.25) is 0 Å². The molecule has 0 aliphatic heterocycles. The lowest BCUT2D eigenvalue weighted by atomic mass is 10.1. The van der Waals surface area contributed by atoms with Gasteiger partial charge in [-0.15, -0.1) is 0 Å². The lowest BCUT2D eigenvalue weighted by molar-refractivity contribution is 0.100. The molecule has 3 aromatic rings. The van der Waals surface area contributed by atoms with Crippen LogP contribution in [0.3, 0.4) is 0 Å². The first-order valence-corrected chi connectivity index (χ1v) is 7.32. The number of nitrogens with zero attached hydrogens (tertiary/aromatic N) is 1. The monoisotopic (exact) mass is 326 g/mol. The van der Waals surface area contributed by atoms with Crippen molar-refractivity contribution < 1.29 is 19.0 Å². The number of aliphatic hydroxyl groups is 1. The number of fused-ring (bicyclic) bond motifs is 1. The molecule has 0 aliphatic carbocycles. The molecular weight excluding hydrogens is 311 g/mol. The summed E-state index contributed by atoms with van der Waals surface area (Å²) >= 11 is 0. The van der Waals surface area contributed by atoms with Gasteiger partial charge >= 0.3 is 0 Å². The lowest BCUT2D eigenvalue weighted by Gasteiger charge is -2.11. The molecule has 3 N–H and O–H groups in total. The minimum absolute atomic E-state index is 0.125. The van der Waals surface area contributed by atoms with Gasteiger partial charge in [0.05, 0.1) is 17.8 Å². The predicted molar refractivity (Wildman–Crippen MR) is 88.2 cm³/mol. The second kappa shape index (κ2) is 6.64. The van der Waals surface area contributed by atoms with Crippen molar-refractivity contribution in [3.8, 4) is 17.0 Å². The molecule has 0 unspecified atom stereocenters. The van der Waals surface area contributed by atoms with E-state index in [1.54, 1.807) is 36.4 Å². The number of primary amides is 1. The number of ether oxygens (including phenoxy) is 1. The van der Waals surface area contributed by atoms with Crippen LogP contribution >= 0.6 is 0 Å². The Bertz CT molecular complexity index is 895. The first-order valence-electron chi connectivity index (χ1n) is 7.32. The van der Waals surface area contributed by atoms with E-state index in [4.69, 9.17) is 15.6 Å². The number of halogens is 1. The van der Waals surface area contributed by atoms with E-state index in [0.29, 0.717) is 33.5 Å². The zero-order valence-corrected chi connectivity index (χ0v) is 12.7. The highest BCUT2D eigenvalue weighted by Crippen LogP contribution is 2.30. The number of pyridine rings is 1. The van der Waals surface area contributed by atoms with Crippen molar-refractivity contribution in [3.63, 3.8) is 0 Å². The smallest absolute Gasteiger partial charge is 0.248 e. The second-order valence-corrected chi connectivity index (χ2v) is 5.18. The molecule has 0 atom stereocenters. The van der Waals surface area contributed by atoms with Crippen LogP contribution in [0.5, 0.6) is 5.75 Å². The van der Waals surface area contributed by atoms with Crippen molar-refractivity contribution >= 4 is 16.8 Å². The molecule has 0 radical (unpaired) electrons. The third-order valence-corrected chi connectivity index (χ3v) is 3.55. The van der Waals surface area contributed by atoms with E-state index in [1.807, 2.05) is 0 Å². The number of aliphatic hydroxyl groups excluding tert-OH is 1. The highest BCUT2D eigenvalue weighted by atomic mass is 19.1. The van der Waals surface area contributed by atoms with Gasteiger partial charge in [-0.2, -0.15) is 0 Å². The molecule has 1 amide bonds. The average molecular weight is 326 g/mol. The van der Waals surface area contributed by atoms with Crippen LogP contribution < -0.4 is 10.5 Å². The van der Waals surface area contributed by atoms with Gasteiger partial charge in [-0.1, -0.05) is 0 Å². The largest absolute Gasteiger partial charge is 0.490 e. The first kappa shape index (κ1) is 15.9. The van der Waals surface area contributed by atoms with Crippen molar-refractivity contribution in [2.75, 3.05) is 13.2 Å². The van der Waals surface area contributed by atoms with E-state index < -0.39 is 5.91 Å². The Kier molecular flexibility index (Phi) is 4.39. The number of rotatable bonds is 5. The van der Waals surface area contributed by atoms with Gasteiger partial charge in [0, 0.05) is 22.6 Å². The van der Waals surface area contributed by atoms with Crippen LogP contribution in [-0.4, -0.2) is 29.2 Å². The Morgan fingerprint density at radius 3 is 2.58 bits per heavy atom. The molecule has 6 heteroatoms. The topological polar surface area (TPSA) is 85.4 Å². The van der Waals surface area contributed by atoms with E-state index in [9.17, 15) is 9.18 Å². The van der Waals surface area contributed by atoms with Gasteiger partial charge in [0.1, 0.15) is 18.2 Å². The Morgan fingerprint density at radius 2 is 1.92 bits per heavy atom. The minimum atomic E-state index is -0.552. The Balaban J connectivity index is 2.18. The summed E-state index contributed by atoms with van der Waals surface area (Å²) in [6.45, 7) is -0.00535. The SMILES string of the molecule is NC(=O)c1ccc2c(OCCO)cc(-c3ccc(F)cc3)nc2c1. The summed E-state index contributed by atoms with van der Waals surface area (Å²) in [5, 5.41) is 9.68. The van der Waals surface area contributed by atoms with Gasteiger partial charge in [0.15, 0.2) is 0 Å². The third-order valence-electron chi connectivity index (χ3n) is 3.55. The minimum Gasteiger partial charge on any atom is -0.490 e. The number of hydrogen-bond donors (Lipinski definition) is 2. The molecule has 0 saturated carbocycles. The maximum Gasteiger partial charge on any atom is 0.248 e. The summed E-state index contributed by atoms with van der Waals surface area (Å²) < 4.78 is 18.7. The quantitative estimate of drug-likeness (QED) is 0.754. The molecule has 0 bridgehead atoms. The van der Waals surface area contributed by atoms with E-state index in [1.165, 1.54) is 12.1 Å². The van der Waals surface area contributed by atoms with Crippen molar-refractivity contribution in [1.82, 2.24) is 4.98 Å². The number of amides is 1. The van der Waals surface area contributed by atoms with Gasteiger partial charge in [0.2, 0.25) is 5.91 Å². The van der Waals surface area contributed by atoms with Crippen LogP contribution in [0.15, 0.2) is 48.5 Å². The zero-order valence-electron chi connectivity index (χ0n) is 12.7. The van der Waals surface area contributed by atoms with Crippen LogP contribution in [0.4, 0.5) is 4.39 Å². The number of carbonyl (C=O) groups is 1. The Hall–Kier alpha value is -2.99. The summed E-state index contributed by atoms with van der Waals surface area (Å²) in [5.41, 5.74) is 7.45. The molecule has 24 heavy (non-hydrogen) atoms. The standard InChI is InChI=1S/C18H15FN2O3/c19-13-4-1-11(2-5-13)15-10-17(24-8-7-22)14-6-3-12(18(20)23)9-16(14)21-15/h1-6,9-10,22H,7-8H2,(H2,20,23). The molecule has 1 aromatic heterocycles. The van der Waals surface area contributed by atoms with Crippen molar-refractivity contribution in [3.05, 3.63) is 59.9 Å². The van der Waals surface area contributed by atoms with Crippen LogP contribution in [-0.2, 0) is 0 Å². The fourth-order valence-electron chi connectivity index (χ4n) is 2.39. The summed E-state index contributed by atoms with van der Waals surface area (Å²) in [6.07, 6.45) is 0. The normalized spacial score (nSPS) is 10.8. The molecule has 1 heterocycles. The van der Waals surface area contributed by atoms with Crippen LogP contribution in [0.25, 0.3) is 22.2 Å². The van der Waals surface area contributed by atoms with Crippen LogP contribution in [0, 0.1) is 5.82 Å². The summed E-state index contributed by atoms with van der Waals surface area (Å²) in [7, 11) is 0. The van der Waals surface area contributed by atoms with Crippen LogP contribution in [0.1, 0.15) is 10.4 Å². The molecule has 122 valence electrons. The summed E-state index contributed by atoms with van der Waals surface area (Å²) in [6, 6.07) is 12.5. The van der Waals surface area contributed by atoms with Gasteiger partial charge < -0.3 is 15.6 Å². The fraction of sp³-hybridized carbons (Fsp3) is 0.111. The number of hydrogen-bond acceptors (Lipinski definition) is 4. The van der Waals surface area contributed by atoms with Crippen molar-refractivity contribution in [2.45, 2.75) is 0 Å². The summed E-state index contributed by atoms with van der Waals surface area (Å²) in [4.78, 5) is 15.9. The molecule has 2 aromatic carbocycles. The lowest BCUT2D eigenvalue weighted by Crippen LogP contribution is -2.10. The Morgan fingerprint density at radius 1 is 1.17 bits per heavy atom. The number of aromatic nitrogens is 1. The fourth-order valence-corrected chi connectivity index (χ4v) is 2.39. The molecule has 0 fully saturated rings. The predicted octanol–water partition coefficient (Wildman–Crippen LogP) is 2.51. The Labute approximate surface area is 137 Å². The highest BCUT2D eigenvalue weighted by molar-refractivity contribution is 5.98.